The Bertz CT molecular complexity index is 438. The van der Waals surface area contributed by atoms with Gasteiger partial charge in [-0.25, -0.2) is 9.59 Å². The van der Waals surface area contributed by atoms with Crippen LogP contribution in [-0.2, 0) is 23.8 Å². The molecule has 2 heterocycles. The summed E-state index contributed by atoms with van der Waals surface area (Å²) < 4.78 is 13.6. The van der Waals surface area contributed by atoms with Crippen molar-refractivity contribution in [1.29, 1.82) is 0 Å². The van der Waals surface area contributed by atoms with Crippen LogP contribution in [0.1, 0.15) is 27.2 Å². The van der Waals surface area contributed by atoms with E-state index in [9.17, 15) is 14.4 Å². The molecule has 8 heteroatoms. The number of thioether (sulfide) groups is 1. The molecule has 0 spiro atoms. The van der Waals surface area contributed by atoms with Crippen molar-refractivity contribution in [3.63, 3.8) is 0 Å². The number of hydrogen-bond acceptors (Lipinski definition) is 7. The highest BCUT2D eigenvalue weighted by molar-refractivity contribution is 8.01. The fraction of sp³-hybridized carbons (Fsp3) is 0.750. The zero-order valence-electron chi connectivity index (χ0n) is 11.6. The first-order valence-corrected chi connectivity index (χ1v) is 7.20. The van der Waals surface area contributed by atoms with Crippen LogP contribution in [0.2, 0.25) is 0 Å². The van der Waals surface area contributed by atoms with Gasteiger partial charge in [-0.15, -0.1) is 11.8 Å². The third-order valence-corrected chi connectivity index (χ3v) is 4.68. The van der Waals surface area contributed by atoms with Crippen LogP contribution in [0.15, 0.2) is 0 Å². The van der Waals surface area contributed by atoms with Gasteiger partial charge in [-0.05, 0) is 20.8 Å². The molecule has 1 amide bonds. The van der Waals surface area contributed by atoms with Crippen molar-refractivity contribution in [2.75, 3.05) is 13.4 Å². The molecule has 112 valence electrons. The van der Waals surface area contributed by atoms with Crippen molar-refractivity contribution in [1.82, 2.24) is 4.90 Å². The standard InChI is InChI=1S/C12H17NO6S/c1-4-17-11(16)19-6-18-10(15)9-12(2,3)20-8-5-7(14)13(8)9/h8-9H,4-6H2,1-3H3/t8-,9+/m1/s1. The summed E-state index contributed by atoms with van der Waals surface area (Å²) in [7, 11) is 0. The molecule has 20 heavy (non-hydrogen) atoms. The van der Waals surface area contributed by atoms with Gasteiger partial charge in [0.05, 0.1) is 18.4 Å². The minimum absolute atomic E-state index is 0.0426. The SMILES string of the molecule is CCOC(=O)OCOC(=O)[C@@H]1N2C(=O)C[C@H]2SC1(C)C. The lowest BCUT2D eigenvalue weighted by Crippen LogP contribution is -2.57. The van der Waals surface area contributed by atoms with Crippen LogP contribution in [0.25, 0.3) is 0 Å². The number of fused-ring (bicyclic) bond motifs is 1. The second-order valence-electron chi connectivity index (χ2n) is 4.99. The molecule has 2 saturated heterocycles. The fourth-order valence-electron chi connectivity index (χ4n) is 2.33. The first-order valence-electron chi connectivity index (χ1n) is 6.32. The third-order valence-electron chi connectivity index (χ3n) is 3.19. The van der Waals surface area contributed by atoms with Gasteiger partial charge in [0.2, 0.25) is 12.7 Å². The van der Waals surface area contributed by atoms with Gasteiger partial charge in [-0.3, -0.25) is 4.79 Å². The molecule has 0 N–H and O–H groups in total. The predicted molar refractivity (Wildman–Crippen MR) is 69.8 cm³/mol. The highest BCUT2D eigenvalue weighted by atomic mass is 32.2. The zero-order chi connectivity index (χ0) is 14.9. The summed E-state index contributed by atoms with van der Waals surface area (Å²) in [6.07, 6.45) is -0.435. The summed E-state index contributed by atoms with van der Waals surface area (Å²) in [5.74, 6) is -0.622. The van der Waals surface area contributed by atoms with Crippen molar-refractivity contribution >= 4 is 29.8 Å². The molecule has 0 saturated carbocycles. The Balaban J connectivity index is 1.88. The number of amides is 1. The van der Waals surface area contributed by atoms with Crippen LogP contribution in [0.3, 0.4) is 0 Å². The predicted octanol–water partition coefficient (Wildman–Crippen LogP) is 1.11. The summed E-state index contributed by atoms with van der Waals surface area (Å²) >= 11 is 1.58. The van der Waals surface area contributed by atoms with Gasteiger partial charge in [-0.2, -0.15) is 0 Å². The van der Waals surface area contributed by atoms with Gasteiger partial charge in [0.1, 0.15) is 6.04 Å². The molecule has 0 aromatic heterocycles. The molecule has 2 rings (SSSR count). The van der Waals surface area contributed by atoms with E-state index in [4.69, 9.17) is 4.74 Å². The van der Waals surface area contributed by atoms with Gasteiger partial charge in [-0.1, -0.05) is 0 Å². The van der Waals surface area contributed by atoms with Crippen LogP contribution in [0.4, 0.5) is 4.79 Å². The number of carbonyl (C=O) groups excluding carboxylic acids is 3. The number of hydrogen-bond donors (Lipinski definition) is 0. The molecule has 2 aliphatic rings. The van der Waals surface area contributed by atoms with Gasteiger partial charge < -0.3 is 19.1 Å². The van der Waals surface area contributed by atoms with Crippen LogP contribution in [-0.4, -0.2) is 52.5 Å². The lowest BCUT2D eigenvalue weighted by molar-refractivity contribution is -0.168. The molecule has 0 bridgehead atoms. The summed E-state index contributed by atoms with van der Waals surface area (Å²) in [5, 5.41) is 0.0426. The third kappa shape index (κ3) is 2.70. The van der Waals surface area contributed by atoms with E-state index in [0.717, 1.165) is 0 Å². The van der Waals surface area contributed by atoms with E-state index < -0.39 is 29.7 Å². The monoisotopic (exact) mass is 303 g/mol. The topological polar surface area (TPSA) is 82.1 Å². The lowest BCUT2D eigenvalue weighted by Gasteiger charge is -2.37. The Morgan fingerprint density at radius 1 is 1.35 bits per heavy atom. The van der Waals surface area contributed by atoms with Crippen LogP contribution in [0, 0.1) is 0 Å². The molecule has 0 aromatic carbocycles. The number of esters is 1. The first-order chi connectivity index (χ1) is 9.36. The van der Waals surface area contributed by atoms with Crippen LogP contribution >= 0.6 is 11.8 Å². The van der Waals surface area contributed by atoms with E-state index in [-0.39, 0.29) is 17.9 Å². The summed E-state index contributed by atoms with van der Waals surface area (Å²) in [4.78, 5) is 36.1. The number of β-lactam (4-membered cyclic amide) rings is 1. The average Bonchev–Trinajstić information content (AvgIpc) is 2.56. The van der Waals surface area contributed by atoms with Gasteiger partial charge in [0, 0.05) is 4.75 Å². The van der Waals surface area contributed by atoms with Gasteiger partial charge in [0.15, 0.2) is 0 Å². The normalized spacial score (nSPS) is 26.6. The quantitative estimate of drug-likeness (QED) is 0.437. The number of rotatable bonds is 4. The van der Waals surface area contributed by atoms with Crippen molar-refractivity contribution in [2.45, 2.75) is 43.4 Å². The molecule has 0 radical (unpaired) electrons. The Kier molecular flexibility index (Phi) is 4.12. The Morgan fingerprint density at radius 2 is 2.05 bits per heavy atom. The molecule has 0 aliphatic carbocycles. The Morgan fingerprint density at radius 3 is 2.65 bits per heavy atom. The van der Waals surface area contributed by atoms with Crippen molar-refractivity contribution in [3.05, 3.63) is 0 Å². The van der Waals surface area contributed by atoms with E-state index in [1.807, 2.05) is 13.8 Å². The zero-order valence-corrected chi connectivity index (χ0v) is 12.4. The van der Waals surface area contributed by atoms with E-state index >= 15 is 0 Å². The maximum Gasteiger partial charge on any atom is 0.511 e. The molecule has 2 fully saturated rings. The minimum atomic E-state index is -0.890. The smallest absolute Gasteiger partial charge is 0.435 e. The molecule has 7 nitrogen and oxygen atoms in total. The summed E-state index contributed by atoms with van der Waals surface area (Å²) in [6, 6.07) is -0.649. The number of nitrogens with zero attached hydrogens (tertiary/aromatic N) is 1. The maximum atomic E-state index is 12.1. The van der Waals surface area contributed by atoms with E-state index in [1.54, 1.807) is 18.7 Å². The minimum Gasteiger partial charge on any atom is -0.435 e. The molecule has 2 aliphatic heterocycles. The van der Waals surface area contributed by atoms with Crippen LogP contribution < -0.4 is 0 Å². The second kappa shape index (κ2) is 5.51. The molecule has 0 unspecified atom stereocenters. The van der Waals surface area contributed by atoms with Gasteiger partial charge in [0.25, 0.3) is 0 Å². The summed E-state index contributed by atoms with van der Waals surface area (Å²) in [6.45, 7) is 5.09. The first kappa shape index (κ1) is 15.0. The van der Waals surface area contributed by atoms with Gasteiger partial charge >= 0.3 is 12.1 Å². The highest BCUT2D eigenvalue weighted by Crippen LogP contribution is 2.50. The number of ether oxygens (including phenoxy) is 3. The maximum absolute atomic E-state index is 12.1. The lowest BCUT2D eigenvalue weighted by atomic mass is 9.98. The van der Waals surface area contributed by atoms with E-state index in [2.05, 4.69) is 9.47 Å². The van der Waals surface area contributed by atoms with Crippen molar-refractivity contribution in [3.8, 4) is 0 Å². The molecular formula is C12H17NO6S. The molecular weight excluding hydrogens is 286 g/mol. The average molecular weight is 303 g/mol. The van der Waals surface area contributed by atoms with E-state index in [1.165, 1.54) is 4.90 Å². The Hall–Kier alpha value is -1.44. The Labute approximate surface area is 120 Å². The molecule has 0 aromatic rings. The highest BCUT2D eigenvalue weighted by Gasteiger charge is 2.59. The van der Waals surface area contributed by atoms with Crippen LogP contribution in [0.5, 0.6) is 0 Å². The van der Waals surface area contributed by atoms with Crippen molar-refractivity contribution < 1.29 is 28.6 Å². The largest absolute Gasteiger partial charge is 0.511 e. The molecule has 2 atom stereocenters. The van der Waals surface area contributed by atoms with Crippen molar-refractivity contribution in [2.24, 2.45) is 0 Å². The number of carbonyl (C=O) groups is 3. The second-order valence-corrected chi connectivity index (χ2v) is 6.82. The van der Waals surface area contributed by atoms with E-state index in [0.29, 0.717) is 6.42 Å². The fourth-order valence-corrected chi connectivity index (χ4v) is 3.95. The summed E-state index contributed by atoms with van der Waals surface area (Å²) in [5.41, 5.74) is 0.